The third-order valence-electron chi connectivity index (χ3n) is 3.94. The van der Waals surface area contributed by atoms with Gasteiger partial charge in [-0.05, 0) is 37.6 Å². The first kappa shape index (κ1) is 22.3. The molecule has 0 bridgehead atoms. The number of halogens is 1. The molecular formula is C18H19ClN4O5S. The van der Waals surface area contributed by atoms with Crippen LogP contribution in [-0.4, -0.2) is 37.8 Å². The molecule has 0 aromatic heterocycles. The highest BCUT2D eigenvalue weighted by molar-refractivity contribution is 7.92. The molecule has 29 heavy (non-hydrogen) atoms. The number of hydrazone groups is 1. The number of nitro groups is 1. The lowest BCUT2D eigenvalue weighted by molar-refractivity contribution is -0.384. The number of anilines is 1. The van der Waals surface area contributed by atoms with Gasteiger partial charge >= 0.3 is 0 Å². The highest BCUT2D eigenvalue weighted by atomic mass is 35.5. The molecule has 0 spiro atoms. The normalized spacial score (nSPS) is 11.8. The topological polar surface area (TPSA) is 122 Å². The Kier molecular flexibility index (Phi) is 6.93. The fourth-order valence-electron chi connectivity index (χ4n) is 2.50. The predicted molar refractivity (Wildman–Crippen MR) is 112 cm³/mol. The molecule has 0 atom stereocenters. The summed E-state index contributed by atoms with van der Waals surface area (Å²) in [5.74, 6) is -0.672. The second-order valence-electron chi connectivity index (χ2n) is 6.24. The molecule has 0 aliphatic rings. The van der Waals surface area contributed by atoms with Crippen LogP contribution in [0.15, 0.2) is 47.6 Å². The number of nitro benzene ring substituents is 1. The number of carbonyl (C=O) groups excluding carboxylic acids is 1. The van der Waals surface area contributed by atoms with Crippen LogP contribution in [0.4, 0.5) is 11.4 Å². The Labute approximate surface area is 173 Å². The van der Waals surface area contributed by atoms with Crippen molar-refractivity contribution in [2.45, 2.75) is 13.8 Å². The first-order chi connectivity index (χ1) is 13.5. The van der Waals surface area contributed by atoms with E-state index in [1.165, 1.54) is 30.3 Å². The van der Waals surface area contributed by atoms with Crippen LogP contribution in [0.25, 0.3) is 0 Å². The molecule has 2 rings (SSSR count). The number of nitrogens with zero attached hydrogens (tertiary/aromatic N) is 3. The molecule has 0 saturated carbocycles. The minimum atomic E-state index is -3.75. The molecular weight excluding hydrogens is 420 g/mol. The molecule has 1 N–H and O–H groups in total. The number of hydrogen-bond donors (Lipinski definition) is 1. The van der Waals surface area contributed by atoms with Gasteiger partial charge < -0.3 is 0 Å². The molecule has 0 aliphatic heterocycles. The van der Waals surface area contributed by atoms with Gasteiger partial charge in [0.15, 0.2) is 0 Å². The molecule has 9 nitrogen and oxygen atoms in total. The summed E-state index contributed by atoms with van der Waals surface area (Å²) in [5, 5.41) is 15.2. The summed E-state index contributed by atoms with van der Waals surface area (Å²) in [6.45, 7) is 2.76. The van der Waals surface area contributed by atoms with Gasteiger partial charge in [-0.25, -0.2) is 13.8 Å². The Morgan fingerprint density at radius 2 is 1.97 bits per heavy atom. The van der Waals surface area contributed by atoms with Gasteiger partial charge in [-0.3, -0.25) is 19.2 Å². The molecule has 2 aromatic carbocycles. The second kappa shape index (κ2) is 9.01. The van der Waals surface area contributed by atoms with Crippen LogP contribution in [0.5, 0.6) is 0 Å². The van der Waals surface area contributed by atoms with Crippen molar-refractivity contribution in [2.75, 3.05) is 17.1 Å². The van der Waals surface area contributed by atoms with Gasteiger partial charge in [-0.2, -0.15) is 5.10 Å². The zero-order valence-corrected chi connectivity index (χ0v) is 17.5. The lowest BCUT2D eigenvalue weighted by Crippen LogP contribution is -2.39. The van der Waals surface area contributed by atoms with Gasteiger partial charge in [0.25, 0.3) is 11.6 Å². The van der Waals surface area contributed by atoms with Crippen molar-refractivity contribution in [3.8, 4) is 0 Å². The highest BCUT2D eigenvalue weighted by Gasteiger charge is 2.22. The highest BCUT2D eigenvalue weighted by Crippen LogP contribution is 2.25. The average Bonchev–Trinajstić information content (AvgIpc) is 2.64. The third-order valence-corrected chi connectivity index (χ3v) is 5.30. The monoisotopic (exact) mass is 438 g/mol. The zero-order valence-electron chi connectivity index (χ0n) is 15.9. The molecule has 0 unspecified atom stereocenters. The number of amides is 1. The van der Waals surface area contributed by atoms with Crippen LogP contribution in [0.3, 0.4) is 0 Å². The summed E-state index contributed by atoms with van der Waals surface area (Å²) in [4.78, 5) is 22.6. The Morgan fingerprint density at radius 1 is 1.28 bits per heavy atom. The molecule has 0 radical (unpaired) electrons. The van der Waals surface area contributed by atoms with Gasteiger partial charge in [0, 0.05) is 22.7 Å². The van der Waals surface area contributed by atoms with E-state index < -0.39 is 27.4 Å². The molecule has 0 fully saturated rings. The molecule has 2 aromatic rings. The van der Waals surface area contributed by atoms with E-state index in [-0.39, 0.29) is 5.69 Å². The summed E-state index contributed by atoms with van der Waals surface area (Å²) in [6.07, 6.45) is 0.992. The number of sulfonamides is 1. The SMILES string of the molecule is C/C(=N\NC(=O)CN(c1ccc(Cl)cc1C)S(C)(=O)=O)c1cccc([N+](=O)[O-])c1. The predicted octanol–water partition coefficient (Wildman–Crippen LogP) is 2.86. The summed E-state index contributed by atoms with van der Waals surface area (Å²) >= 11 is 5.91. The first-order valence-corrected chi connectivity index (χ1v) is 10.5. The summed E-state index contributed by atoms with van der Waals surface area (Å²) in [5.41, 5.74) is 3.87. The lowest BCUT2D eigenvalue weighted by Gasteiger charge is -2.23. The van der Waals surface area contributed by atoms with E-state index in [2.05, 4.69) is 10.5 Å². The lowest BCUT2D eigenvalue weighted by atomic mass is 10.1. The maximum absolute atomic E-state index is 12.3. The van der Waals surface area contributed by atoms with Crippen LogP contribution in [0.1, 0.15) is 18.1 Å². The number of non-ortho nitro benzene ring substituents is 1. The minimum Gasteiger partial charge on any atom is -0.271 e. The number of carbonyl (C=O) groups is 1. The van der Waals surface area contributed by atoms with E-state index >= 15 is 0 Å². The Morgan fingerprint density at radius 3 is 2.55 bits per heavy atom. The van der Waals surface area contributed by atoms with Gasteiger partial charge in [0.1, 0.15) is 6.54 Å². The molecule has 11 heteroatoms. The van der Waals surface area contributed by atoms with Crippen molar-refractivity contribution in [1.29, 1.82) is 0 Å². The largest absolute Gasteiger partial charge is 0.271 e. The van der Waals surface area contributed by atoms with Crippen LogP contribution in [0, 0.1) is 17.0 Å². The zero-order chi connectivity index (χ0) is 21.8. The third kappa shape index (κ3) is 6.00. The van der Waals surface area contributed by atoms with Gasteiger partial charge in [-0.15, -0.1) is 0 Å². The average molecular weight is 439 g/mol. The van der Waals surface area contributed by atoms with E-state index in [1.807, 2.05) is 0 Å². The van der Waals surface area contributed by atoms with Crippen molar-refractivity contribution in [3.05, 3.63) is 68.7 Å². The van der Waals surface area contributed by atoms with Gasteiger partial charge in [-0.1, -0.05) is 23.7 Å². The molecule has 1 amide bonds. The Bertz CT molecular complexity index is 1090. The van der Waals surface area contributed by atoms with Crippen molar-refractivity contribution in [2.24, 2.45) is 5.10 Å². The van der Waals surface area contributed by atoms with Crippen LogP contribution >= 0.6 is 11.6 Å². The maximum Gasteiger partial charge on any atom is 0.270 e. The molecule has 0 saturated heterocycles. The number of rotatable bonds is 7. The standard InChI is InChI=1S/C18H19ClN4O5S/c1-12-9-15(19)7-8-17(12)22(29(3,27)28)11-18(24)21-20-13(2)14-5-4-6-16(10-14)23(25)26/h4-10H,11H2,1-3H3,(H,21,24)/b20-13+. The van der Waals surface area contributed by atoms with Crippen molar-refractivity contribution in [1.82, 2.24) is 5.43 Å². The summed E-state index contributed by atoms with van der Waals surface area (Å²) < 4.78 is 25.3. The van der Waals surface area contributed by atoms with Crippen molar-refractivity contribution in [3.63, 3.8) is 0 Å². The minimum absolute atomic E-state index is 0.107. The summed E-state index contributed by atoms with van der Waals surface area (Å²) in [6, 6.07) is 10.4. The fraction of sp³-hybridized carbons (Fsp3) is 0.222. The molecule has 0 aliphatic carbocycles. The van der Waals surface area contributed by atoms with Crippen molar-refractivity contribution < 1.29 is 18.1 Å². The maximum atomic E-state index is 12.3. The van der Waals surface area contributed by atoms with Gasteiger partial charge in [0.05, 0.1) is 22.6 Å². The Hall–Kier alpha value is -2.98. The van der Waals surface area contributed by atoms with E-state index in [4.69, 9.17) is 11.6 Å². The van der Waals surface area contributed by atoms with Crippen LogP contribution in [-0.2, 0) is 14.8 Å². The first-order valence-electron chi connectivity index (χ1n) is 8.31. The Balaban J connectivity index is 2.19. The van der Waals surface area contributed by atoms with Crippen molar-refractivity contribution >= 4 is 44.6 Å². The smallest absolute Gasteiger partial charge is 0.270 e. The van der Waals surface area contributed by atoms with Gasteiger partial charge in [0.2, 0.25) is 10.0 Å². The second-order valence-corrected chi connectivity index (χ2v) is 8.58. The number of aryl methyl sites for hydroxylation is 1. The number of benzene rings is 2. The number of nitrogens with one attached hydrogen (secondary N) is 1. The van der Waals surface area contributed by atoms with E-state index in [1.54, 1.807) is 26.0 Å². The summed E-state index contributed by atoms with van der Waals surface area (Å²) in [7, 11) is -3.75. The van der Waals surface area contributed by atoms with Crippen LogP contribution < -0.4 is 9.73 Å². The fourth-order valence-corrected chi connectivity index (χ4v) is 3.64. The van der Waals surface area contributed by atoms with E-state index in [0.717, 1.165) is 10.6 Å². The van der Waals surface area contributed by atoms with Crippen LogP contribution in [0.2, 0.25) is 5.02 Å². The number of hydrogen-bond acceptors (Lipinski definition) is 6. The quantitative estimate of drug-likeness (QED) is 0.404. The molecule has 0 heterocycles. The van der Waals surface area contributed by atoms with E-state index in [0.29, 0.717) is 27.5 Å². The van der Waals surface area contributed by atoms with E-state index in [9.17, 15) is 23.3 Å². The molecule has 154 valence electrons.